The predicted octanol–water partition coefficient (Wildman–Crippen LogP) is 2.40. The summed E-state index contributed by atoms with van der Waals surface area (Å²) in [7, 11) is 0. The van der Waals surface area contributed by atoms with Gasteiger partial charge in [0.05, 0.1) is 5.02 Å². The number of rotatable bonds is 1. The van der Waals surface area contributed by atoms with Crippen LogP contribution in [0.2, 0.25) is 5.02 Å². The molecule has 2 N–H and O–H groups in total. The number of aryl methyl sites for hydroxylation is 1. The van der Waals surface area contributed by atoms with Crippen molar-refractivity contribution in [2.75, 3.05) is 5.73 Å². The second-order valence-electron chi connectivity index (χ2n) is 3.58. The normalized spacial score (nSPS) is 11.2. The lowest BCUT2D eigenvalue weighted by Gasteiger charge is -2.01. The average Bonchev–Trinajstić information content (AvgIpc) is 2.78. The number of aromatic nitrogens is 4. The summed E-state index contributed by atoms with van der Waals surface area (Å²) in [6.45, 7) is 1.92. The predicted molar refractivity (Wildman–Crippen MR) is 68.3 cm³/mol. The first-order valence-electron chi connectivity index (χ1n) is 4.89. The van der Waals surface area contributed by atoms with Crippen molar-refractivity contribution in [2.45, 2.75) is 6.92 Å². The third kappa shape index (κ3) is 1.65. The van der Waals surface area contributed by atoms with Crippen LogP contribution in [0.4, 0.5) is 5.69 Å². The molecule has 0 unspecified atom stereocenters. The van der Waals surface area contributed by atoms with Crippen molar-refractivity contribution in [3.8, 4) is 11.4 Å². The van der Waals surface area contributed by atoms with Gasteiger partial charge in [-0.2, -0.15) is 9.61 Å². The van der Waals surface area contributed by atoms with E-state index in [1.807, 2.05) is 13.0 Å². The Morgan fingerprint density at radius 1 is 1.35 bits per heavy atom. The summed E-state index contributed by atoms with van der Waals surface area (Å²) in [5.41, 5.74) is 7.05. The van der Waals surface area contributed by atoms with Gasteiger partial charge in [-0.15, -0.1) is 10.2 Å². The number of hydrogen-bond acceptors (Lipinski definition) is 5. The molecular formula is C10H8ClN5S. The minimum atomic E-state index is 0.546. The third-order valence-corrected chi connectivity index (χ3v) is 3.45. The van der Waals surface area contributed by atoms with E-state index in [9.17, 15) is 0 Å². The van der Waals surface area contributed by atoms with Crippen LogP contribution in [-0.4, -0.2) is 19.8 Å². The summed E-state index contributed by atoms with van der Waals surface area (Å²) in [5, 5.41) is 14.0. The maximum absolute atomic E-state index is 6.14. The zero-order valence-corrected chi connectivity index (χ0v) is 10.5. The molecule has 2 heterocycles. The second kappa shape index (κ2) is 3.68. The van der Waals surface area contributed by atoms with E-state index in [2.05, 4.69) is 15.3 Å². The van der Waals surface area contributed by atoms with Crippen molar-refractivity contribution in [1.82, 2.24) is 19.8 Å². The quantitative estimate of drug-likeness (QED) is 0.686. The maximum Gasteiger partial charge on any atom is 0.234 e. The standard InChI is InChI=1S/C10H8ClN5S/c1-5-15-16-9(13-14-10(16)17-5)7-3-2-6(12)4-8(7)11/h2-4H,12H2,1H3. The van der Waals surface area contributed by atoms with E-state index in [1.54, 1.807) is 16.6 Å². The molecule has 0 atom stereocenters. The fourth-order valence-corrected chi connectivity index (χ4v) is 2.55. The van der Waals surface area contributed by atoms with Crippen molar-refractivity contribution >= 4 is 33.6 Å². The molecule has 3 aromatic rings. The van der Waals surface area contributed by atoms with Gasteiger partial charge in [0.15, 0.2) is 5.82 Å². The second-order valence-corrected chi connectivity index (χ2v) is 5.15. The third-order valence-electron chi connectivity index (χ3n) is 2.33. The fraction of sp³-hybridized carbons (Fsp3) is 0.100. The van der Waals surface area contributed by atoms with Gasteiger partial charge in [-0.05, 0) is 25.1 Å². The van der Waals surface area contributed by atoms with Gasteiger partial charge < -0.3 is 5.73 Å². The van der Waals surface area contributed by atoms with Gasteiger partial charge in [-0.25, -0.2) is 0 Å². The molecule has 7 heteroatoms. The highest BCUT2D eigenvalue weighted by atomic mass is 35.5. The summed E-state index contributed by atoms with van der Waals surface area (Å²) in [6, 6.07) is 5.29. The first-order valence-corrected chi connectivity index (χ1v) is 6.09. The molecular weight excluding hydrogens is 258 g/mol. The number of nitrogens with two attached hydrogens (primary N) is 1. The van der Waals surface area contributed by atoms with E-state index in [-0.39, 0.29) is 0 Å². The summed E-state index contributed by atoms with van der Waals surface area (Å²) in [6.07, 6.45) is 0. The summed E-state index contributed by atoms with van der Waals surface area (Å²) < 4.78 is 1.69. The zero-order valence-electron chi connectivity index (χ0n) is 8.88. The van der Waals surface area contributed by atoms with Crippen LogP contribution in [0.15, 0.2) is 18.2 Å². The molecule has 0 bridgehead atoms. The molecule has 0 aliphatic rings. The van der Waals surface area contributed by atoms with E-state index in [4.69, 9.17) is 17.3 Å². The van der Waals surface area contributed by atoms with Crippen molar-refractivity contribution in [3.05, 3.63) is 28.2 Å². The summed E-state index contributed by atoms with van der Waals surface area (Å²) in [5.74, 6) is 0.634. The first-order chi connectivity index (χ1) is 8.15. The van der Waals surface area contributed by atoms with Crippen LogP contribution in [0, 0.1) is 6.92 Å². The Balaban J connectivity index is 2.26. The molecule has 17 heavy (non-hydrogen) atoms. The van der Waals surface area contributed by atoms with Crippen molar-refractivity contribution in [2.24, 2.45) is 0 Å². The maximum atomic E-state index is 6.14. The zero-order chi connectivity index (χ0) is 12.0. The summed E-state index contributed by atoms with van der Waals surface area (Å²) in [4.78, 5) is 0.755. The topological polar surface area (TPSA) is 69.1 Å². The number of hydrogen-bond donors (Lipinski definition) is 1. The van der Waals surface area contributed by atoms with Gasteiger partial charge in [0.25, 0.3) is 0 Å². The van der Waals surface area contributed by atoms with Crippen molar-refractivity contribution in [3.63, 3.8) is 0 Å². The summed E-state index contributed by atoms with van der Waals surface area (Å²) >= 11 is 7.63. The molecule has 0 spiro atoms. The molecule has 0 aliphatic heterocycles. The molecule has 0 fully saturated rings. The van der Waals surface area contributed by atoms with Crippen molar-refractivity contribution in [1.29, 1.82) is 0 Å². The molecule has 2 aromatic heterocycles. The molecule has 1 aromatic carbocycles. The Labute approximate surface area is 106 Å². The lowest BCUT2D eigenvalue weighted by molar-refractivity contribution is 0.941. The first kappa shape index (κ1) is 10.5. The van der Waals surface area contributed by atoms with Gasteiger partial charge >= 0.3 is 0 Å². The van der Waals surface area contributed by atoms with E-state index in [1.165, 1.54) is 11.3 Å². The molecule has 5 nitrogen and oxygen atoms in total. The molecule has 3 rings (SSSR count). The fourth-order valence-electron chi connectivity index (χ4n) is 1.59. The highest BCUT2D eigenvalue weighted by Gasteiger charge is 2.14. The van der Waals surface area contributed by atoms with Gasteiger partial charge in [0.2, 0.25) is 4.96 Å². The highest BCUT2D eigenvalue weighted by molar-refractivity contribution is 7.16. The Kier molecular flexibility index (Phi) is 2.27. The van der Waals surface area contributed by atoms with Crippen LogP contribution in [0.3, 0.4) is 0 Å². The SMILES string of the molecule is Cc1nn2c(-c3ccc(N)cc3Cl)nnc2s1. The van der Waals surface area contributed by atoms with Gasteiger partial charge in [0, 0.05) is 11.3 Å². The Bertz CT molecular complexity index is 702. The van der Waals surface area contributed by atoms with E-state index < -0.39 is 0 Å². The largest absolute Gasteiger partial charge is 0.399 e. The lowest BCUT2D eigenvalue weighted by Crippen LogP contribution is -1.92. The minimum absolute atomic E-state index is 0.546. The molecule has 0 radical (unpaired) electrons. The number of anilines is 1. The van der Waals surface area contributed by atoms with Crippen molar-refractivity contribution < 1.29 is 0 Å². The Hall–Kier alpha value is -1.66. The molecule has 86 valence electrons. The number of nitrogen functional groups attached to an aromatic ring is 1. The number of benzene rings is 1. The smallest absolute Gasteiger partial charge is 0.234 e. The van der Waals surface area contributed by atoms with Crippen LogP contribution in [0.5, 0.6) is 0 Å². The van der Waals surface area contributed by atoms with Crippen LogP contribution in [-0.2, 0) is 0 Å². The van der Waals surface area contributed by atoms with Crippen LogP contribution >= 0.6 is 22.9 Å². The van der Waals surface area contributed by atoms with Crippen LogP contribution in [0.1, 0.15) is 5.01 Å². The van der Waals surface area contributed by atoms with Crippen LogP contribution in [0.25, 0.3) is 16.3 Å². The average molecular weight is 266 g/mol. The van der Waals surface area contributed by atoms with E-state index in [0.717, 1.165) is 15.5 Å². The Morgan fingerprint density at radius 3 is 2.94 bits per heavy atom. The molecule has 0 aliphatic carbocycles. The van der Waals surface area contributed by atoms with E-state index in [0.29, 0.717) is 16.5 Å². The monoisotopic (exact) mass is 265 g/mol. The number of halogens is 1. The molecule has 0 amide bonds. The van der Waals surface area contributed by atoms with E-state index >= 15 is 0 Å². The molecule has 0 saturated carbocycles. The number of fused-ring (bicyclic) bond motifs is 1. The minimum Gasteiger partial charge on any atom is -0.399 e. The Morgan fingerprint density at radius 2 is 2.18 bits per heavy atom. The van der Waals surface area contributed by atoms with Gasteiger partial charge in [0.1, 0.15) is 5.01 Å². The highest BCUT2D eigenvalue weighted by Crippen LogP contribution is 2.29. The van der Waals surface area contributed by atoms with Gasteiger partial charge in [-0.3, -0.25) is 0 Å². The van der Waals surface area contributed by atoms with Gasteiger partial charge in [-0.1, -0.05) is 22.9 Å². The molecule has 0 saturated heterocycles. The lowest BCUT2D eigenvalue weighted by atomic mass is 10.2. The van der Waals surface area contributed by atoms with Crippen LogP contribution < -0.4 is 5.73 Å². The number of nitrogens with zero attached hydrogens (tertiary/aromatic N) is 4.